The normalized spacial score (nSPS) is 17.8. The smallest absolute Gasteiger partial charge is 0.257 e. The monoisotopic (exact) mass is 456 g/mol. The van der Waals surface area contributed by atoms with Gasteiger partial charge in [-0.3, -0.25) is 4.79 Å². The zero-order valence-corrected chi connectivity index (χ0v) is 18.6. The molecule has 5 rings (SSSR count). The minimum Gasteiger partial charge on any atom is -0.438 e. The predicted molar refractivity (Wildman–Crippen MR) is 130 cm³/mol. The summed E-state index contributed by atoms with van der Waals surface area (Å²) in [7, 11) is 0. The second-order valence-corrected chi connectivity index (χ2v) is 8.47. The molecule has 1 fully saturated rings. The maximum Gasteiger partial charge on any atom is 0.257 e. The van der Waals surface area contributed by atoms with Gasteiger partial charge < -0.3 is 15.4 Å². The lowest BCUT2D eigenvalue weighted by Gasteiger charge is -2.30. The fourth-order valence-electron chi connectivity index (χ4n) is 4.26. The van der Waals surface area contributed by atoms with Crippen molar-refractivity contribution in [3.8, 4) is 11.6 Å². The number of nitrogens with zero attached hydrogens (tertiary/aromatic N) is 2. The van der Waals surface area contributed by atoms with Crippen LogP contribution in [0.15, 0.2) is 79.0 Å². The number of fused-ring (bicyclic) bond motifs is 1. The van der Waals surface area contributed by atoms with Gasteiger partial charge >= 0.3 is 0 Å². The van der Waals surface area contributed by atoms with Crippen LogP contribution in [0.1, 0.15) is 36.0 Å². The predicted octanol–water partition coefficient (Wildman–Crippen LogP) is 5.71. The molecule has 0 radical (unpaired) electrons. The Morgan fingerprint density at radius 3 is 2.47 bits per heavy atom. The van der Waals surface area contributed by atoms with Gasteiger partial charge in [0, 0.05) is 23.7 Å². The molecule has 2 aromatic heterocycles. The first-order chi connectivity index (χ1) is 16.6. The maximum absolute atomic E-state index is 13.2. The molecule has 0 unspecified atom stereocenters. The highest BCUT2D eigenvalue weighted by Gasteiger charge is 2.24. The van der Waals surface area contributed by atoms with Crippen molar-refractivity contribution >= 4 is 22.6 Å². The molecular formula is C27H25FN4O2. The van der Waals surface area contributed by atoms with Crippen LogP contribution in [0.25, 0.3) is 10.9 Å². The third-order valence-electron chi connectivity index (χ3n) is 6.06. The number of carbonyl (C=O) groups excluding carboxylic acids is 1. The first-order valence-electron chi connectivity index (χ1n) is 11.5. The average Bonchev–Trinajstić information content (AvgIpc) is 2.87. The number of benzene rings is 2. The Hall–Kier alpha value is -4.00. The molecule has 6 nitrogen and oxygen atoms in total. The summed E-state index contributed by atoms with van der Waals surface area (Å²) in [6.07, 6.45) is 5.17. The van der Waals surface area contributed by atoms with Crippen molar-refractivity contribution in [1.82, 2.24) is 15.3 Å². The number of halogens is 1. The van der Waals surface area contributed by atoms with E-state index in [1.807, 2.05) is 24.3 Å². The summed E-state index contributed by atoms with van der Waals surface area (Å²) in [6.45, 7) is 0. The number of hydrogen-bond donors (Lipinski definition) is 2. The SMILES string of the molecule is O=C(N[C@H]1CC[C@@H](Nc2ccc3ccccc3n2)CC1)c1cccnc1Oc1ccc(F)cc1. The van der Waals surface area contributed by atoms with Crippen molar-refractivity contribution in [1.29, 1.82) is 0 Å². The fourth-order valence-corrected chi connectivity index (χ4v) is 4.26. The van der Waals surface area contributed by atoms with Crippen LogP contribution in [-0.2, 0) is 0 Å². The van der Waals surface area contributed by atoms with Crippen LogP contribution >= 0.6 is 0 Å². The number of hydrogen-bond acceptors (Lipinski definition) is 5. The summed E-state index contributed by atoms with van der Waals surface area (Å²) in [4.78, 5) is 21.9. The third kappa shape index (κ3) is 5.14. The van der Waals surface area contributed by atoms with Crippen LogP contribution in [0.2, 0.25) is 0 Å². The second kappa shape index (κ2) is 9.87. The molecule has 0 bridgehead atoms. The van der Waals surface area contributed by atoms with Crippen LogP contribution < -0.4 is 15.4 Å². The molecule has 0 saturated heterocycles. The Morgan fingerprint density at radius 2 is 1.65 bits per heavy atom. The molecule has 2 heterocycles. The van der Waals surface area contributed by atoms with Crippen molar-refractivity contribution in [2.24, 2.45) is 0 Å². The number of rotatable bonds is 6. The molecule has 172 valence electrons. The maximum atomic E-state index is 13.2. The van der Waals surface area contributed by atoms with E-state index in [0.717, 1.165) is 42.4 Å². The van der Waals surface area contributed by atoms with Gasteiger partial charge in [-0.25, -0.2) is 14.4 Å². The van der Waals surface area contributed by atoms with E-state index in [1.54, 1.807) is 18.3 Å². The molecule has 1 amide bonds. The van der Waals surface area contributed by atoms with Crippen molar-refractivity contribution in [2.75, 3.05) is 5.32 Å². The van der Waals surface area contributed by atoms with Crippen molar-refractivity contribution in [3.05, 3.63) is 90.4 Å². The largest absolute Gasteiger partial charge is 0.438 e. The molecule has 0 spiro atoms. The first kappa shape index (κ1) is 21.8. The Bertz CT molecular complexity index is 1290. The summed E-state index contributed by atoms with van der Waals surface area (Å²) < 4.78 is 18.9. The minimum atomic E-state index is -0.354. The van der Waals surface area contributed by atoms with Gasteiger partial charge in [0.25, 0.3) is 5.91 Å². The van der Waals surface area contributed by atoms with Crippen LogP contribution in [0.5, 0.6) is 11.6 Å². The molecule has 2 N–H and O–H groups in total. The highest BCUT2D eigenvalue weighted by molar-refractivity contribution is 5.96. The summed E-state index contributed by atoms with van der Waals surface area (Å²) in [5.41, 5.74) is 1.33. The fraction of sp³-hybridized carbons (Fsp3) is 0.222. The highest BCUT2D eigenvalue weighted by Crippen LogP contribution is 2.26. The number of carbonyl (C=O) groups is 1. The van der Waals surface area contributed by atoms with Crippen molar-refractivity contribution in [3.63, 3.8) is 0 Å². The molecule has 4 aromatic rings. The summed E-state index contributed by atoms with van der Waals surface area (Å²) >= 11 is 0. The molecule has 34 heavy (non-hydrogen) atoms. The van der Waals surface area contributed by atoms with Gasteiger partial charge in [-0.1, -0.05) is 18.2 Å². The minimum absolute atomic E-state index is 0.0778. The number of nitrogens with one attached hydrogen (secondary N) is 2. The number of aromatic nitrogens is 2. The number of ether oxygens (including phenoxy) is 1. The number of para-hydroxylation sites is 1. The van der Waals surface area contributed by atoms with E-state index in [4.69, 9.17) is 9.72 Å². The van der Waals surface area contributed by atoms with Crippen LogP contribution in [0.4, 0.5) is 10.2 Å². The van der Waals surface area contributed by atoms with E-state index >= 15 is 0 Å². The van der Waals surface area contributed by atoms with E-state index in [-0.39, 0.29) is 23.6 Å². The van der Waals surface area contributed by atoms with E-state index < -0.39 is 0 Å². The average molecular weight is 457 g/mol. The Morgan fingerprint density at radius 1 is 0.882 bits per heavy atom. The standard InChI is InChI=1S/C27H25FN4O2/c28-19-8-14-22(15-9-19)34-27-23(5-3-17-29-27)26(33)31-21-12-10-20(11-13-21)30-25-16-7-18-4-1-2-6-24(18)32-25/h1-9,14-17,20-21H,10-13H2,(H,30,32)(H,31,33)/t20-,21+. The summed E-state index contributed by atoms with van der Waals surface area (Å²) in [5.74, 6) is 0.919. The zero-order valence-electron chi connectivity index (χ0n) is 18.6. The third-order valence-corrected chi connectivity index (χ3v) is 6.06. The van der Waals surface area contributed by atoms with E-state index in [1.165, 1.54) is 24.3 Å². The van der Waals surface area contributed by atoms with Gasteiger partial charge in [0.2, 0.25) is 5.88 Å². The molecule has 2 aromatic carbocycles. The molecular weight excluding hydrogens is 431 g/mol. The molecule has 1 aliphatic carbocycles. The Kier molecular flexibility index (Phi) is 6.33. The van der Waals surface area contributed by atoms with Gasteiger partial charge in [0.1, 0.15) is 22.9 Å². The molecule has 0 aliphatic heterocycles. The number of anilines is 1. The van der Waals surface area contributed by atoms with Gasteiger partial charge in [0.15, 0.2) is 0 Å². The molecule has 1 aliphatic rings. The van der Waals surface area contributed by atoms with Gasteiger partial charge in [-0.2, -0.15) is 0 Å². The van der Waals surface area contributed by atoms with Crippen LogP contribution in [0.3, 0.4) is 0 Å². The number of amides is 1. The molecule has 1 saturated carbocycles. The van der Waals surface area contributed by atoms with Crippen LogP contribution in [0, 0.1) is 5.82 Å². The van der Waals surface area contributed by atoms with E-state index in [9.17, 15) is 9.18 Å². The lowest BCUT2D eigenvalue weighted by Crippen LogP contribution is -2.40. The van der Waals surface area contributed by atoms with Crippen molar-refractivity contribution in [2.45, 2.75) is 37.8 Å². The second-order valence-electron chi connectivity index (χ2n) is 8.47. The van der Waals surface area contributed by atoms with Crippen molar-refractivity contribution < 1.29 is 13.9 Å². The van der Waals surface area contributed by atoms with E-state index in [0.29, 0.717) is 17.4 Å². The lowest BCUT2D eigenvalue weighted by molar-refractivity contribution is 0.0923. The Labute approximate surface area is 197 Å². The summed E-state index contributed by atoms with van der Waals surface area (Å²) in [6, 6.07) is 21.6. The molecule has 7 heteroatoms. The van der Waals surface area contributed by atoms with Gasteiger partial charge in [-0.15, -0.1) is 0 Å². The lowest BCUT2D eigenvalue weighted by atomic mass is 9.91. The summed E-state index contributed by atoms with van der Waals surface area (Å²) in [5, 5.41) is 7.78. The quantitative estimate of drug-likeness (QED) is 0.388. The molecule has 0 atom stereocenters. The topological polar surface area (TPSA) is 76.1 Å². The van der Waals surface area contributed by atoms with Gasteiger partial charge in [0.05, 0.1) is 5.52 Å². The number of pyridine rings is 2. The first-order valence-corrected chi connectivity index (χ1v) is 11.5. The van der Waals surface area contributed by atoms with E-state index in [2.05, 4.69) is 27.8 Å². The Balaban J connectivity index is 1.17. The zero-order chi connectivity index (χ0) is 23.3. The van der Waals surface area contributed by atoms with Gasteiger partial charge in [-0.05, 0) is 80.3 Å². The highest BCUT2D eigenvalue weighted by atomic mass is 19.1. The van der Waals surface area contributed by atoms with Crippen LogP contribution in [-0.4, -0.2) is 28.0 Å².